The number of rotatable bonds is 3. The summed E-state index contributed by atoms with van der Waals surface area (Å²) in [5.74, 6) is 2.57. The number of aromatic nitrogens is 3. The van der Waals surface area contributed by atoms with Gasteiger partial charge in [-0.15, -0.1) is 0 Å². The minimum Gasteiger partial charge on any atom is -0.213 e. The molecule has 0 fully saturated rings. The number of hydrogen-bond acceptors (Lipinski definition) is 3. The van der Waals surface area contributed by atoms with Gasteiger partial charge in [-0.05, 0) is 22.0 Å². The highest BCUT2D eigenvalue weighted by atomic mass is 15.0. The van der Waals surface area contributed by atoms with Crippen LogP contribution < -0.4 is 0 Å². The molecule has 0 saturated heterocycles. The summed E-state index contributed by atoms with van der Waals surface area (Å²) >= 11 is 0. The second-order valence-corrected chi connectivity index (χ2v) is 10.1. The van der Waals surface area contributed by atoms with Crippen molar-refractivity contribution < 1.29 is 0 Å². The van der Waals surface area contributed by atoms with E-state index in [-0.39, 0.29) is 16.7 Å². The molecule has 3 heteroatoms. The summed E-state index contributed by atoms with van der Waals surface area (Å²) in [5.41, 5.74) is 4.67. The van der Waals surface area contributed by atoms with Gasteiger partial charge in [-0.2, -0.15) is 0 Å². The molecule has 0 saturated carbocycles. The van der Waals surface area contributed by atoms with Crippen molar-refractivity contribution >= 4 is 0 Å². The molecular weight excluding hydrogens is 354 g/mol. The molecule has 2 aromatic carbocycles. The Morgan fingerprint density at radius 1 is 0.586 bits per heavy atom. The maximum atomic E-state index is 4.98. The standard InChI is InChI=1S/C26H33N3/c1-17(2)22-27-23(18-13-9-11-15-20(18)25(3,4)5)29-24(28-22)19-14-10-12-16-21(19)26(6,7)8/h9-17H,1-8H3. The van der Waals surface area contributed by atoms with Crippen molar-refractivity contribution in [3.63, 3.8) is 0 Å². The topological polar surface area (TPSA) is 38.7 Å². The molecule has 0 spiro atoms. The molecule has 0 aliphatic carbocycles. The molecule has 3 rings (SSSR count). The van der Waals surface area contributed by atoms with Gasteiger partial charge in [0.1, 0.15) is 5.82 Å². The van der Waals surface area contributed by atoms with E-state index in [0.29, 0.717) is 0 Å². The summed E-state index contributed by atoms with van der Waals surface area (Å²) in [6.45, 7) is 17.6. The number of hydrogen-bond donors (Lipinski definition) is 0. The van der Waals surface area contributed by atoms with Crippen LogP contribution in [0.25, 0.3) is 22.8 Å². The molecule has 0 radical (unpaired) electrons. The van der Waals surface area contributed by atoms with Crippen molar-refractivity contribution in [1.82, 2.24) is 15.0 Å². The Labute approximate surface area is 175 Å². The van der Waals surface area contributed by atoms with Gasteiger partial charge < -0.3 is 0 Å². The van der Waals surface area contributed by atoms with Crippen molar-refractivity contribution in [3.8, 4) is 22.8 Å². The van der Waals surface area contributed by atoms with Crippen LogP contribution in [0.1, 0.15) is 78.3 Å². The molecule has 152 valence electrons. The first-order valence-electron chi connectivity index (χ1n) is 10.4. The molecule has 0 aliphatic rings. The molecule has 0 aliphatic heterocycles. The average molecular weight is 388 g/mol. The largest absolute Gasteiger partial charge is 0.213 e. The number of nitrogens with zero attached hydrogens (tertiary/aromatic N) is 3. The van der Waals surface area contributed by atoms with Crippen LogP contribution >= 0.6 is 0 Å². The monoisotopic (exact) mass is 387 g/mol. The molecular formula is C26H33N3. The second-order valence-electron chi connectivity index (χ2n) is 10.1. The lowest BCUT2D eigenvalue weighted by molar-refractivity contribution is 0.590. The summed E-state index contributed by atoms with van der Waals surface area (Å²) < 4.78 is 0. The van der Waals surface area contributed by atoms with E-state index in [4.69, 9.17) is 15.0 Å². The predicted molar refractivity (Wildman–Crippen MR) is 122 cm³/mol. The van der Waals surface area contributed by atoms with Gasteiger partial charge in [-0.3, -0.25) is 0 Å². The zero-order chi connectivity index (χ0) is 21.4. The minimum absolute atomic E-state index is 0.00466. The molecule has 3 nitrogen and oxygen atoms in total. The van der Waals surface area contributed by atoms with E-state index >= 15 is 0 Å². The van der Waals surface area contributed by atoms with E-state index in [1.165, 1.54) is 11.1 Å². The van der Waals surface area contributed by atoms with Crippen LogP contribution in [0, 0.1) is 0 Å². The highest BCUT2D eigenvalue weighted by Gasteiger charge is 2.24. The van der Waals surface area contributed by atoms with Gasteiger partial charge in [0, 0.05) is 17.0 Å². The fourth-order valence-corrected chi connectivity index (χ4v) is 3.56. The molecule has 1 heterocycles. The van der Waals surface area contributed by atoms with Crippen LogP contribution in [0.15, 0.2) is 48.5 Å². The van der Waals surface area contributed by atoms with Gasteiger partial charge in [-0.1, -0.05) is 104 Å². The predicted octanol–water partition coefficient (Wildman–Crippen LogP) is 6.92. The van der Waals surface area contributed by atoms with E-state index in [1.807, 2.05) is 0 Å². The smallest absolute Gasteiger partial charge is 0.164 e. The quantitative estimate of drug-likeness (QED) is 0.489. The molecule has 0 atom stereocenters. The number of benzene rings is 2. The SMILES string of the molecule is CC(C)c1nc(-c2ccccc2C(C)(C)C)nc(-c2ccccc2C(C)(C)C)n1. The average Bonchev–Trinajstić information content (AvgIpc) is 2.66. The molecule has 1 aromatic heterocycles. The van der Waals surface area contributed by atoms with E-state index in [1.54, 1.807) is 0 Å². The van der Waals surface area contributed by atoms with Crippen LogP contribution in [0.2, 0.25) is 0 Å². The Morgan fingerprint density at radius 3 is 1.31 bits per heavy atom. The maximum Gasteiger partial charge on any atom is 0.164 e. The zero-order valence-electron chi connectivity index (χ0n) is 19.0. The van der Waals surface area contributed by atoms with E-state index in [0.717, 1.165) is 28.6 Å². The third kappa shape index (κ3) is 4.55. The summed E-state index contributed by atoms with van der Waals surface area (Å²) in [5, 5.41) is 0. The molecule has 0 unspecified atom stereocenters. The van der Waals surface area contributed by atoms with Crippen LogP contribution in [-0.4, -0.2) is 15.0 Å². The van der Waals surface area contributed by atoms with E-state index in [9.17, 15) is 0 Å². The van der Waals surface area contributed by atoms with Gasteiger partial charge in [0.2, 0.25) is 0 Å². The van der Waals surface area contributed by atoms with Crippen LogP contribution in [0.5, 0.6) is 0 Å². The normalized spacial score (nSPS) is 12.4. The highest BCUT2D eigenvalue weighted by molar-refractivity contribution is 5.67. The van der Waals surface area contributed by atoms with Crippen molar-refractivity contribution in [2.75, 3.05) is 0 Å². The first kappa shape index (κ1) is 21.2. The Hall–Kier alpha value is -2.55. The molecule has 3 aromatic rings. The van der Waals surface area contributed by atoms with Crippen molar-refractivity contribution in [2.24, 2.45) is 0 Å². The maximum absolute atomic E-state index is 4.98. The van der Waals surface area contributed by atoms with Gasteiger partial charge in [0.05, 0.1) is 0 Å². The summed E-state index contributed by atoms with van der Waals surface area (Å²) in [6, 6.07) is 16.9. The molecule has 0 bridgehead atoms. The fraction of sp³-hybridized carbons (Fsp3) is 0.423. The third-order valence-electron chi connectivity index (χ3n) is 5.12. The van der Waals surface area contributed by atoms with Gasteiger partial charge in [-0.25, -0.2) is 15.0 Å². The first-order chi connectivity index (χ1) is 13.5. The Bertz CT molecular complexity index is 929. The third-order valence-corrected chi connectivity index (χ3v) is 5.12. The summed E-state index contributed by atoms with van der Waals surface area (Å²) in [7, 11) is 0. The van der Waals surface area contributed by atoms with Crippen LogP contribution in [0.4, 0.5) is 0 Å². The van der Waals surface area contributed by atoms with Gasteiger partial charge in [0.25, 0.3) is 0 Å². The van der Waals surface area contributed by atoms with Crippen molar-refractivity contribution in [3.05, 3.63) is 65.5 Å². The van der Waals surface area contributed by atoms with E-state index < -0.39 is 0 Å². The highest BCUT2D eigenvalue weighted by Crippen LogP contribution is 2.35. The van der Waals surface area contributed by atoms with Crippen molar-refractivity contribution in [2.45, 2.75) is 72.1 Å². The Kier molecular flexibility index (Phi) is 5.62. The minimum atomic E-state index is 0.00466. The van der Waals surface area contributed by atoms with E-state index in [2.05, 4.69) is 104 Å². The Balaban J connectivity index is 2.29. The second kappa shape index (κ2) is 7.70. The molecule has 29 heavy (non-hydrogen) atoms. The fourth-order valence-electron chi connectivity index (χ4n) is 3.56. The summed E-state index contributed by atoms with van der Waals surface area (Å²) in [6.07, 6.45) is 0. The lowest BCUT2D eigenvalue weighted by Gasteiger charge is -2.24. The lowest BCUT2D eigenvalue weighted by Crippen LogP contribution is -2.15. The molecule has 0 N–H and O–H groups in total. The molecule has 0 amide bonds. The Morgan fingerprint density at radius 2 is 0.966 bits per heavy atom. The first-order valence-corrected chi connectivity index (χ1v) is 10.4. The van der Waals surface area contributed by atoms with Crippen molar-refractivity contribution in [1.29, 1.82) is 0 Å². The zero-order valence-corrected chi connectivity index (χ0v) is 19.0. The van der Waals surface area contributed by atoms with Gasteiger partial charge in [0.15, 0.2) is 11.6 Å². The summed E-state index contributed by atoms with van der Waals surface area (Å²) in [4.78, 5) is 14.7. The lowest BCUT2D eigenvalue weighted by atomic mass is 9.83. The van der Waals surface area contributed by atoms with Crippen LogP contribution in [-0.2, 0) is 10.8 Å². The van der Waals surface area contributed by atoms with Crippen LogP contribution in [0.3, 0.4) is 0 Å². The van der Waals surface area contributed by atoms with Gasteiger partial charge >= 0.3 is 0 Å².